The molecule has 0 bridgehead atoms. The molecule has 94 valence electrons. The number of benzene rings is 2. The molecule has 4 rings (SSSR count). The van der Waals surface area contributed by atoms with Gasteiger partial charge in [0, 0.05) is 0 Å². The second-order valence-corrected chi connectivity index (χ2v) is 5.45. The Kier molecular flexibility index (Phi) is 1.73. The fourth-order valence-electron chi connectivity index (χ4n) is 3.63. The number of carboxylic acids is 1. The van der Waals surface area contributed by atoms with Crippen LogP contribution in [0.2, 0.25) is 0 Å². The van der Waals surface area contributed by atoms with Crippen LogP contribution in [0.15, 0.2) is 48.5 Å². The molecule has 0 heterocycles. The lowest BCUT2D eigenvalue weighted by Crippen LogP contribution is -2.41. The van der Waals surface area contributed by atoms with E-state index in [9.17, 15) is 9.90 Å². The van der Waals surface area contributed by atoms with Crippen LogP contribution in [0.5, 0.6) is 0 Å². The molecule has 2 aliphatic rings. The monoisotopic (exact) mass is 251 g/mol. The minimum absolute atomic E-state index is 0.476. The first-order chi connectivity index (χ1) is 9.11. The van der Waals surface area contributed by atoms with Crippen LogP contribution in [0.3, 0.4) is 0 Å². The van der Waals surface area contributed by atoms with Crippen LogP contribution >= 0.6 is 0 Å². The quantitative estimate of drug-likeness (QED) is 0.816. The summed E-state index contributed by atoms with van der Waals surface area (Å²) < 4.78 is 0. The Morgan fingerprint density at radius 3 is 1.89 bits per heavy atom. The molecule has 0 aliphatic heterocycles. The van der Waals surface area contributed by atoms with Gasteiger partial charge in [0.25, 0.3) is 0 Å². The molecule has 1 saturated carbocycles. The molecule has 0 radical (unpaired) electrons. The van der Waals surface area contributed by atoms with E-state index in [4.69, 9.17) is 5.73 Å². The highest BCUT2D eigenvalue weighted by Gasteiger charge is 2.74. The van der Waals surface area contributed by atoms with Crippen LogP contribution in [0, 0.1) is 0 Å². The second kappa shape index (κ2) is 3.06. The summed E-state index contributed by atoms with van der Waals surface area (Å²) in [7, 11) is 0. The molecule has 19 heavy (non-hydrogen) atoms. The Morgan fingerprint density at radius 1 is 1.00 bits per heavy atom. The molecular formula is C16H13NO2. The van der Waals surface area contributed by atoms with E-state index < -0.39 is 16.9 Å². The van der Waals surface area contributed by atoms with Gasteiger partial charge in [-0.25, -0.2) is 0 Å². The molecular weight excluding hydrogens is 238 g/mol. The normalized spacial score (nSPS) is 24.9. The predicted molar refractivity (Wildman–Crippen MR) is 71.8 cm³/mol. The lowest BCUT2D eigenvalue weighted by Gasteiger charge is -2.17. The third-order valence-electron chi connectivity index (χ3n) is 4.63. The van der Waals surface area contributed by atoms with Crippen LogP contribution in [-0.2, 0) is 10.2 Å². The van der Waals surface area contributed by atoms with E-state index in [-0.39, 0.29) is 0 Å². The van der Waals surface area contributed by atoms with Gasteiger partial charge >= 0.3 is 5.97 Å². The van der Waals surface area contributed by atoms with Crippen molar-refractivity contribution in [3.63, 3.8) is 0 Å². The van der Waals surface area contributed by atoms with Crippen LogP contribution in [0.1, 0.15) is 17.5 Å². The molecule has 0 saturated heterocycles. The van der Waals surface area contributed by atoms with E-state index in [2.05, 4.69) is 0 Å². The third-order valence-corrected chi connectivity index (χ3v) is 4.63. The van der Waals surface area contributed by atoms with Crippen LogP contribution in [0.25, 0.3) is 11.1 Å². The van der Waals surface area contributed by atoms with E-state index in [0.29, 0.717) is 6.42 Å². The van der Waals surface area contributed by atoms with Crippen LogP contribution < -0.4 is 5.73 Å². The van der Waals surface area contributed by atoms with Crippen LogP contribution in [-0.4, -0.2) is 16.6 Å². The topological polar surface area (TPSA) is 63.3 Å². The summed E-state index contributed by atoms with van der Waals surface area (Å²) in [4.78, 5) is 11.5. The largest absolute Gasteiger partial charge is 0.480 e. The Bertz CT molecular complexity index is 677. The highest BCUT2D eigenvalue weighted by Crippen LogP contribution is 2.67. The van der Waals surface area contributed by atoms with Crippen molar-refractivity contribution >= 4 is 5.97 Å². The lowest BCUT2D eigenvalue weighted by molar-refractivity contribution is -0.140. The summed E-state index contributed by atoms with van der Waals surface area (Å²) in [6.07, 6.45) is 0.476. The minimum Gasteiger partial charge on any atom is -0.480 e. The van der Waals surface area contributed by atoms with Crippen molar-refractivity contribution in [3.05, 3.63) is 59.7 Å². The van der Waals surface area contributed by atoms with Gasteiger partial charge in [-0.05, 0) is 28.7 Å². The Hall–Kier alpha value is -2.13. The molecule has 2 aliphatic carbocycles. The SMILES string of the molecule is N[C@@]1(C(=O)O)CC12c1ccccc1-c1ccccc12. The smallest absolute Gasteiger partial charge is 0.325 e. The summed E-state index contributed by atoms with van der Waals surface area (Å²) in [5, 5.41) is 9.46. The summed E-state index contributed by atoms with van der Waals surface area (Å²) in [6, 6.07) is 16.0. The first-order valence-corrected chi connectivity index (χ1v) is 6.33. The number of hydrogen-bond donors (Lipinski definition) is 2. The highest BCUT2D eigenvalue weighted by molar-refractivity contribution is 5.95. The van der Waals surface area contributed by atoms with Gasteiger partial charge in [-0.1, -0.05) is 48.5 Å². The summed E-state index contributed by atoms with van der Waals surface area (Å²) >= 11 is 0. The van der Waals surface area contributed by atoms with E-state index in [1.807, 2.05) is 48.5 Å². The average molecular weight is 251 g/mol. The molecule has 3 N–H and O–H groups in total. The number of carbonyl (C=O) groups is 1. The zero-order valence-corrected chi connectivity index (χ0v) is 10.3. The van der Waals surface area contributed by atoms with Gasteiger partial charge in [0.05, 0.1) is 5.41 Å². The fourth-order valence-corrected chi connectivity index (χ4v) is 3.63. The predicted octanol–water partition coefficient (Wildman–Crippen LogP) is 2.14. The fraction of sp³-hybridized carbons (Fsp3) is 0.188. The van der Waals surface area contributed by atoms with Gasteiger partial charge in [0.15, 0.2) is 0 Å². The van der Waals surface area contributed by atoms with Crippen molar-refractivity contribution in [3.8, 4) is 11.1 Å². The Balaban J connectivity index is 2.07. The maximum absolute atomic E-state index is 11.5. The number of fused-ring (bicyclic) bond motifs is 5. The van der Waals surface area contributed by atoms with E-state index >= 15 is 0 Å². The standard InChI is InChI=1S/C16H13NO2/c17-16(14(18)19)9-15(16)12-7-3-1-5-10(12)11-6-2-4-8-13(11)15/h1-8H,9,17H2,(H,18,19)/t16-/m1/s1. The zero-order valence-electron chi connectivity index (χ0n) is 10.3. The van der Waals surface area contributed by atoms with Crippen molar-refractivity contribution in [2.24, 2.45) is 5.73 Å². The molecule has 2 aromatic rings. The van der Waals surface area contributed by atoms with Crippen molar-refractivity contribution in [2.75, 3.05) is 0 Å². The lowest BCUT2D eigenvalue weighted by atomic mass is 9.88. The highest BCUT2D eigenvalue weighted by atomic mass is 16.4. The molecule has 1 spiro atoms. The average Bonchev–Trinajstić information content (AvgIpc) is 2.98. The van der Waals surface area contributed by atoms with Gasteiger partial charge < -0.3 is 10.8 Å². The molecule has 1 fully saturated rings. The molecule has 0 aromatic heterocycles. The Morgan fingerprint density at radius 2 is 1.47 bits per heavy atom. The van der Waals surface area contributed by atoms with E-state index in [1.165, 1.54) is 0 Å². The summed E-state index contributed by atoms with van der Waals surface area (Å²) in [5.74, 6) is -0.918. The summed E-state index contributed by atoms with van der Waals surface area (Å²) in [5.41, 5.74) is 8.80. The number of rotatable bonds is 1. The molecule has 0 unspecified atom stereocenters. The van der Waals surface area contributed by atoms with Gasteiger partial charge in [-0.15, -0.1) is 0 Å². The van der Waals surface area contributed by atoms with Crippen molar-refractivity contribution in [2.45, 2.75) is 17.4 Å². The molecule has 2 aromatic carbocycles. The van der Waals surface area contributed by atoms with Crippen molar-refractivity contribution in [1.82, 2.24) is 0 Å². The van der Waals surface area contributed by atoms with E-state index in [1.54, 1.807) is 0 Å². The molecule has 3 nitrogen and oxygen atoms in total. The van der Waals surface area contributed by atoms with Gasteiger partial charge in [-0.2, -0.15) is 0 Å². The Labute approximate surface area is 110 Å². The van der Waals surface area contributed by atoms with Crippen molar-refractivity contribution < 1.29 is 9.90 Å². The van der Waals surface area contributed by atoms with Crippen LogP contribution in [0.4, 0.5) is 0 Å². The first-order valence-electron chi connectivity index (χ1n) is 6.33. The maximum Gasteiger partial charge on any atom is 0.325 e. The van der Waals surface area contributed by atoms with E-state index in [0.717, 1.165) is 22.3 Å². The van der Waals surface area contributed by atoms with Crippen molar-refractivity contribution in [1.29, 1.82) is 0 Å². The zero-order chi connectivity index (χ0) is 13.3. The van der Waals surface area contributed by atoms with Gasteiger partial charge in [0.2, 0.25) is 0 Å². The number of aliphatic carboxylic acids is 1. The number of nitrogens with two attached hydrogens (primary N) is 1. The number of carboxylic acid groups (broad SMARTS) is 1. The van der Waals surface area contributed by atoms with Gasteiger partial charge in [0.1, 0.15) is 5.54 Å². The maximum atomic E-state index is 11.5. The third kappa shape index (κ3) is 1.01. The summed E-state index contributed by atoms with van der Waals surface area (Å²) in [6.45, 7) is 0. The number of hydrogen-bond acceptors (Lipinski definition) is 2. The van der Waals surface area contributed by atoms with Gasteiger partial charge in [-0.3, -0.25) is 4.79 Å². The minimum atomic E-state index is -1.17. The molecule has 1 atom stereocenters. The second-order valence-electron chi connectivity index (χ2n) is 5.45. The first kappa shape index (κ1) is 10.8. The molecule has 0 amide bonds. The molecule has 3 heteroatoms.